The van der Waals surface area contributed by atoms with Gasteiger partial charge < -0.3 is 9.88 Å². The molecule has 1 saturated carbocycles. The van der Waals surface area contributed by atoms with Gasteiger partial charge in [-0.15, -0.1) is 11.3 Å². The summed E-state index contributed by atoms with van der Waals surface area (Å²) < 4.78 is 3.81. The molecule has 1 fully saturated rings. The molecule has 8 heteroatoms. The van der Waals surface area contributed by atoms with Gasteiger partial charge in [-0.3, -0.25) is 4.68 Å². The van der Waals surface area contributed by atoms with Crippen LogP contribution in [0.5, 0.6) is 0 Å². The molecule has 0 unspecified atom stereocenters. The Morgan fingerprint density at radius 3 is 2.52 bits per heavy atom. The van der Waals surface area contributed by atoms with Crippen molar-refractivity contribution in [3.63, 3.8) is 0 Å². The van der Waals surface area contributed by atoms with Crippen LogP contribution in [0.4, 0.5) is 5.82 Å². The normalized spacial score (nSPS) is 14.4. The van der Waals surface area contributed by atoms with Crippen molar-refractivity contribution in [1.82, 2.24) is 29.3 Å². The van der Waals surface area contributed by atoms with Crippen LogP contribution < -0.4 is 5.32 Å². The average Bonchev–Trinajstić information content (AvgIpc) is 3.61. The van der Waals surface area contributed by atoms with Gasteiger partial charge in [0.25, 0.3) is 0 Å². The molecule has 4 aromatic heterocycles. The lowest BCUT2D eigenvalue weighted by atomic mass is 10.0. The molecule has 1 aromatic carbocycles. The van der Waals surface area contributed by atoms with Gasteiger partial charge in [0, 0.05) is 44.3 Å². The van der Waals surface area contributed by atoms with E-state index in [0.717, 1.165) is 43.6 Å². The molecule has 5 aromatic rings. The Kier molecular flexibility index (Phi) is 4.95. The van der Waals surface area contributed by atoms with Crippen molar-refractivity contribution in [2.75, 3.05) is 5.32 Å². The predicted octanol–water partition coefficient (Wildman–Crippen LogP) is 5.51. The van der Waals surface area contributed by atoms with Crippen LogP contribution in [0.1, 0.15) is 25.7 Å². The average molecular weight is 456 g/mol. The van der Waals surface area contributed by atoms with Crippen LogP contribution in [0.25, 0.3) is 43.6 Å². The molecule has 1 aliphatic carbocycles. The summed E-state index contributed by atoms with van der Waals surface area (Å²) in [6, 6.07) is 13.0. The Morgan fingerprint density at radius 1 is 1.00 bits per heavy atom. The zero-order valence-electron chi connectivity index (χ0n) is 18.7. The van der Waals surface area contributed by atoms with Gasteiger partial charge in [0.15, 0.2) is 11.6 Å². The second kappa shape index (κ2) is 8.12. The minimum absolute atomic E-state index is 0.430. The number of hydrogen-bond acceptors (Lipinski definition) is 6. The van der Waals surface area contributed by atoms with Crippen molar-refractivity contribution in [3.8, 4) is 33.3 Å². The first-order valence-electron chi connectivity index (χ1n) is 11.3. The summed E-state index contributed by atoms with van der Waals surface area (Å²) in [7, 11) is 3.92. The van der Waals surface area contributed by atoms with E-state index >= 15 is 0 Å². The summed E-state index contributed by atoms with van der Waals surface area (Å²) in [6.07, 6.45) is 10.5. The van der Waals surface area contributed by atoms with Crippen molar-refractivity contribution in [2.45, 2.75) is 31.7 Å². The maximum absolute atomic E-state index is 5.04. The molecular weight excluding hydrogens is 430 g/mol. The summed E-state index contributed by atoms with van der Waals surface area (Å²) in [5.74, 6) is 2.30. The number of fused-ring (bicyclic) bond motifs is 1. The Bertz CT molecular complexity index is 1420. The van der Waals surface area contributed by atoms with Gasteiger partial charge in [-0.05, 0) is 24.5 Å². The van der Waals surface area contributed by atoms with Crippen molar-refractivity contribution < 1.29 is 0 Å². The molecule has 7 nitrogen and oxygen atoms in total. The maximum Gasteiger partial charge on any atom is 0.199 e. The standard InChI is InChI=1S/C25H25N7S/c1-31-15-13-26-24(31)23-28-22(27-17-10-6-7-11-17)20-19(16-8-4-3-5-9-16)21(33-25(20)29-23)18-12-14-32(2)30-18/h3-5,8-9,12-15,17H,6-7,10-11H2,1-2H3,(H,27,28,29). The van der Waals surface area contributed by atoms with Crippen LogP contribution in [0, 0.1) is 0 Å². The summed E-state index contributed by atoms with van der Waals surface area (Å²) in [5.41, 5.74) is 3.23. The van der Waals surface area contributed by atoms with Crippen LogP contribution in [0.2, 0.25) is 0 Å². The van der Waals surface area contributed by atoms with E-state index in [1.807, 2.05) is 41.8 Å². The lowest BCUT2D eigenvalue weighted by Gasteiger charge is -2.15. The summed E-state index contributed by atoms with van der Waals surface area (Å²) in [5, 5.41) is 9.57. The first kappa shape index (κ1) is 20.1. The third-order valence-electron chi connectivity index (χ3n) is 6.28. The topological polar surface area (TPSA) is 73.5 Å². The number of rotatable bonds is 5. The smallest absolute Gasteiger partial charge is 0.199 e. The maximum atomic E-state index is 5.04. The molecular formula is C25H25N7S. The number of imidazole rings is 1. The molecule has 4 heterocycles. The number of hydrogen-bond donors (Lipinski definition) is 1. The highest BCUT2D eigenvalue weighted by Crippen LogP contribution is 2.46. The number of thiophene rings is 1. The van der Waals surface area contributed by atoms with Crippen LogP contribution in [0.3, 0.4) is 0 Å². The molecule has 166 valence electrons. The van der Waals surface area contributed by atoms with Gasteiger partial charge in [-0.2, -0.15) is 5.10 Å². The Balaban J connectivity index is 1.64. The van der Waals surface area contributed by atoms with Crippen LogP contribution >= 0.6 is 11.3 Å². The van der Waals surface area contributed by atoms with Crippen molar-refractivity contribution in [2.24, 2.45) is 14.1 Å². The molecule has 0 aliphatic heterocycles. The van der Waals surface area contributed by atoms with E-state index in [0.29, 0.717) is 11.9 Å². The Morgan fingerprint density at radius 2 is 1.82 bits per heavy atom. The Hall–Kier alpha value is -3.52. The van der Waals surface area contributed by atoms with Crippen LogP contribution in [-0.2, 0) is 14.1 Å². The zero-order valence-corrected chi connectivity index (χ0v) is 19.5. The second-order valence-corrected chi connectivity index (χ2v) is 9.61. The fourth-order valence-electron chi connectivity index (χ4n) is 4.65. The number of nitrogens with one attached hydrogen (secondary N) is 1. The molecule has 1 N–H and O–H groups in total. The third-order valence-corrected chi connectivity index (χ3v) is 7.38. The second-order valence-electron chi connectivity index (χ2n) is 8.61. The minimum atomic E-state index is 0.430. The molecule has 0 radical (unpaired) electrons. The molecule has 0 saturated heterocycles. The minimum Gasteiger partial charge on any atom is -0.367 e. The highest BCUT2D eigenvalue weighted by Gasteiger charge is 2.25. The van der Waals surface area contributed by atoms with E-state index in [4.69, 9.17) is 15.1 Å². The molecule has 0 bridgehead atoms. The lowest BCUT2D eigenvalue weighted by molar-refractivity contribution is 0.751. The zero-order chi connectivity index (χ0) is 22.4. The van der Waals surface area contributed by atoms with E-state index in [1.165, 1.54) is 25.7 Å². The van der Waals surface area contributed by atoms with Crippen LogP contribution in [-0.4, -0.2) is 35.3 Å². The van der Waals surface area contributed by atoms with Crippen molar-refractivity contribution in [3.05, 3.63) is 55.0 Å². The number of benzene rings is 1. The highest BCUT2D eigenvalue weighted by molar-refractivity contribution is 7.22. The first-order chi connectivity index (χ1) is 16.2. The summed E-state index contributed by atoms with van der Waals surface area (Å²) >= 11 is 1.67. The van der Waals surface area contributed by atoms with E-state index in [-0.39, 0.29) is 0 Å². The number of nitrogens with zero attached hydrogens (tertiary/aromatic N) is 6. The van der Waals surface area contributed by atoms with Gasteiger partial charge in [0.05, 0.1) is 10.3 Å². The number of aromatic nitrogens is 6. The summed E-state index contributed by atoms with van der Waals surface area (Å²) in [4.78, 5) is 16.6. The first-order valence-corrected chi connectivity index (χ1v) is 12.1. The highest BCUT2D eigenvalue weighted by atomic mass is 32.1. The van der Waals surface area contributed by atoms with Crippen molar-refractivity contribution in [1.29, 1.82) is 0 Å². The van der Waals surface area contributed by atoms with Gasteiger partial charge in [-0.1, -0.05) is 43.2 Å². The van der Waals surface area contributed by atoms with E-state index in [1.54, 1.807) is 17.5 Å². The van der Waals surface area contributed by atoms with E-state index in [9.17, 15) is 0 Å². The fraction of sp³-hybridized carbons (Fsp3) is 0.280. The van der Waals surface area contributed by atoms with Gasteiger partial charge >= 0.3 is 0 Å². The third kappa shape index (κ3) is 3.60. The fourth-order valence-corrected chi connectivity index (χ4v) is 5.81. The Labute approximate surface area is 196 Å². The lowest BCUT2D eigenvalue weighted by Crippen LogP contribution is -2.16. The quantitative estimate of drug-likeness (QED) is 0.378. The number of anilines is 1. The predicted molar refractivity (Wildman–Crippen MR) is 133 cm³/mol. The van der Waals surface area contributed by atoms with Gasteiger partial charge in [-0.25, -0.2) is 15.0 Å². The molecule has 0 spiro atoms. The number of aryl methyl sites for hydroxylation is 2. The summed E-state index contributed by atoms with van der Waals surface area (Å²) in [6.45, 7) is 0. The molecule has 1 aliphatic rings. The largest absolute Gasteiger partial charge is 0.367 e. The van der Waals surface area contributed by atoms with Crippen molar-refractivity contribution >= 4 is 27.4 Å². The van der Waals surface area contributed by atoms with Gasteiger partial charge in [0.1, 0.15) is 16.3 Å². The molecule has 33 heavy (non-hydrogen) atoms. The monoisotopic (exact) mass is 455 g/mol. The van der Waals surface area contributed by atoms with E-state index in [2.05, 4.69) is 40.6 Å². The molecule has 0 atom stereocenters. The molecule has 6 rings (SSSR count). The molecule has 0 amide bonds. The van der Waals surface area contributed by atoms with Crippen LogP contribution in [0.15, 0.2) is 55.0 Å². The van der Waals surface area contributed by atoms with Gasteiger partial charge in [0.2, 0.25) is 0 Å². The SMILES string of the molecule is Cn1ccc(-c2sc3nc(-c4nccn4C)nc(NC4CCCC4)c3c2-c2ccccc2)n1. The van der Waals surface area contributed by atoms with E-state index < -0.39 is 0 Å².